The van der Waals surface area contributed by atoms with Crippen LogP contribution in [0.3, 0.4) is 0 Å². The Hall–Kier alpha value is -9.84. The summed E-state index contributed by atoms with van der Waals surface area (Å²) in [6.45, 7) is 20.7. The molecule has 5 heteroatoms. The van der Waals surface area contributed by atoms with Crippen LogP contribution in [0.5, 0.6) is 0 Å². The molecule has 85 heavy (non-hydrogen) atoms. The lowest BCUT2D eigenvalue weighted by Crippen LogP contribution is -2.20. The van der Waals surface area contributed by atoms with Crippen molar-refractivity contribution in [2.75, 3.05) is 9.80 Å². The van der Waals surface area contributed by atoms with Crippen molar-refractivity contribution in [3.05, 3.63) is 265 Å². The molecule has 414 valence electrons. The fraction of sp³-hybridized carbons (Fsp3) is 0.150. The molecular weight excluding hydrogens is 1030 g/mol. The van der Waals surface area contributed by atoms with E-state index >= 15 is 0 Å². The zero-order valence-corrected chi connectivity index (χ0v) is 49.9. The molecule has 12 aromatic carbocycles. The largest absolute Gasteiger partial charge is 0.456 e. The van der Waals surface area contributed by atoms with Crippen molar-refractivity contribution in [3.8, 4) is 11.4 Å². The number of fused-ring (bicyclic) bond motifs is 11. The van der Waals surface area contributed by atoms with Crippen molar-refractivity contribution in [1.29, 1.82) is 0 Å². The van der Waals surface area contributed by atoms with Crippen molar-refractivity contribution in [3.63, 3.8) is 0 Å². The molecule has 0 radical (unpaired) electrons. The number of rotatable bonds is 8. The highest BCUT2D eigenvalue weighted by molar-refractivity contribution is 6.16. The second-order valence-corrected chi connectivity index (χ2v) is 26.3. The van der Waals surface area contributed by atoms with Gasteiger partial charge in [0, 0.05) is 72.1 Å². The van der Waals surface area contributed by atoms with Gasteiger partial charge in [-0.3, -0.25) is 0 Å². The summed E-state index contributed by atoms with van der Waals surface area (Å²) < 4.78 is 11.9. The summed E-state index contributed by atoms with van der Waals surface area (Å²) in [7, 11) is 0. The van der Waals surface area contributed by atoms with Crippen LogP contribution < -0.4 is 9.80 Å². The van der Waals surface area contributed by atoms with Crippen LogP contribution in [0, 0.1) is 0 Å². The summed E-state index contributed by atoms with van der Waals surface area (Å²) in [5, 5.41) is 11.7. The smallest absolute Gasteiger partial charge is 0.136 e. The molecule has 3 heterocycles. The fourth-order valence-electron chi connectivity index (χ4n) is 13.4. The van der Waals surface area contributed by atoms with Crippen LogP contribution in [0.2, 0.25) is 0 Å². The molecule has 5 nitrogen and oxygen atoms in total. The van der Waals surface area contributed by atoms with Crippen LogP contribution in [-0.4, -0.2) is 9.13 Å². The molecule has 0 saturated heterocycles. The standard InChI is InChI=1S/C80H68N4O/c1-78(2,3)54-30-35-58(36-31-54)81(61-39-42-72-66(48-61)63-24-16-18-26-70(63)83(72)56-20-12-10-13-21-56)60-34-28-51-45-68-69-46-52-29-41-74(77(80(7,8)9)65(52)50-76(69)85-75(68)47-53(51)44-60)82(59-37-32-55(33-38-59)79(4,5)6)62-40-43-73-67(49-62)64-25-17-19-27-71(64)84(73)57-22-14-11-15-23-57/h10-50H,1-9H3. The molecular formula is C80H68N4O. The average molecular weight is 1100 g/mol. The number of benzene rings is 12. The summed E-state index contributed by atoms with van der Waals surface area (Å²) in [5.41, 5.74) is 19.0. The average Bonchev–Trinajstić information content (AvgIpc) is 1.93. The Balaban J connectivity index is 0.881. The lowest BCUT2D eigenvalue weighted by atomic mass is 9.81. The molecule has 0 saturated carbocycles. The lowest BCUT2D eigenvalue weighted by Gasteiger charge is -2.33. The van der Waals surface area contributed by atoms with Crippen LogP contribution in [0.25, 0.3) is 98.5 Å². The van der Waals surface area contributed by atoms with Crippen LogP contribution in [0.4, 0.5) is 34.1 Å². The van der Waals surface area contributed by atoms with Crippen molar-refractivity contribution in [2.45, 2.75) is 78.6 Å². The van der Waals surface area contributed by atoms with Gasteiger partial charge in [-0.05, 0) is 194 Å². The minimum atomic E-state index is -0.265. The van der Waals surface area contributed by atoms with E-state index in [0.717, 1.165) is 78.2 Å². The molecule has 0 fully saturated rings. The van der Waals surface area contributed by atoms with Crippen molar-refractivity contribution in [2.24, 2.45) is 0 Å². The van der Waals surface area contributed by atoms with Gasteiger partial charge in [0.1, 0.15) is 11.2 Å². The maximum atomic E-state index is 7.09. The first-order chi connectivity index (χ1) is 41.0. The monoisotopic (exact) mass is 1100 g/mol. The molecule has 0 spiro atoms. The molecule has 0 aliphatic heterocycles. The zero-order chi connectivity index (χ0) is 58.1. The van der Waals surface area contributed by atoms with Crippen molar-refractivity contribution in [1.82, 2.24) is 9.13 Å². The number of aromatic nitrogens is 2. The van der Waals surface area contributed by atoms with E-state index in [1.54, 1.807) is 0 Å². The first-order valence-corrected chi connectivity index (χ1v) is 29.9. The van der Waals surface area contributed by atoms with Crippen LogP contribution >= 0.6 is 0 Å². The molecule has 0 bridgehead atoms. The predicted octanol–water partition coefficient (Wildman–Crippen LogP) is 22.9. The normalized spacial score (nSPS) is 12.5. The molecule has 0 aliphatic rings. The molecule has 3 aromatic heterocycles. The molecule has 0 atom stereocenters. The summed E-state index contributed by atoms with van der Waals surface area (Å²) in [4.78, 5) is 4.89. The maximum Gasteiger partial charge on any atom is 0.136 e. The summed E-state index contributed by atoms with van der Waals surface area (Å²) in [5.74, 6) is 0. The number of para-hydroxylation sites is 4. The van der Waals surface area contributed by atoms with Crippen molar-refractivity contribution < 1.29 is 4.42 Å². The zero-order valence-electron chi connectivity index (χ0n) is 49.9. The Morgan fingerprint density at radius 2 is 0.706 bits per heavy atom. The van der Waals surface area contributed by atoms with Crippen molar-refractivity contribution >= 4 is 121 Å². The third kappa shape index (κ3) is 8.74. The highest BCUT2D eigenvalue weighted by atomic mass is 16.3. The summed E-state index contributed by atoms with van der Waals surface area (Å²) >= 11 is 0. The van der Waals surface area contributed by atoms with E-state index < -0.39 is 0 Å². The highest BCUT2D eigenvalue weighted by Crippen LogP contribution is 2.49. The second kappa shape index (κ2) is 19.4. The molecule has 15 aromatic rings. The molecule has 15 rings (SSSR count). The second-order valence-electron chi connectivity index (χ2n) is 26.3. The number of furan rings is 1. The van der Waals surface area contributed by atoms with Gasteiger partial charge in [0.15, 0.2) is 0 Å². The molecule has 0 unspecified atom stereocenters. The van der Waals surface area contributed by atoms with E-state index in [9.17, 15) is 0 Å². The van der Waals surface area contributed by atoms with Gasteiger partial charge >= 0.3 is 0 Å². The van der Waals surface area contributed by atoms with Crippen LogP contribution in [-0.2, 0) is 16.2 Å². The van der Waals surface area contributed by atoms with Gasteiger partial charge in [-0.1, -0.05) is 172 Å². The minimum Gasteiger partial charge on any atom is -0.456 e. The number of hydrogen-bond acceptors (Lipinski definition) is 3. The van der Waals surface area contributed by atoms with Crippen LogP contribution in [0.15, 0.2) is 253 Å². The SMILES string of the molecule is CC(C)(C)c1ccc(N(c2ccc3cc4c(cc3c2)oc2cc3c(C(C)(C)C)c(N(c5ccc(C(C)(C)C)cc5)c5ccc6c(c5)c5ccccc5n6-c5ccccc5)ccc3cc24)c2ccc3c(c2)c2ccccc2n3-c2ccccc2)cc1. The molecule has 0 amide bonds. The summed E-state index contributed by atoms with van der Waals surface area (Å²) in [6, 6.07) is 92.1. The fourth-order valence-corrected chi connectivity index (χ4v) is 13.4. The quantitative estimate of drug-likeness (QED) is 0.152. The molecule has 0 aliphatic carbocycles. The van der Waals surface area contributed by atoms with E-state index in [-0.39, 0.29) is 16.2 Å². The Morgan fingerprint density at radius 3 is 1.24 bits per heavy atom. The number of hydrogen-bond donors (Lipinski definition) is 0. The Kier molecular flexibility index (Phi) is 11.8. The van der Waals surface area contributed by atoms with Gasteiger partial charge in [0.25, 0.3) is 0 Å². The molecule has 0 N–H and O–H groups in total. The number of anilines is 6. The topological polar surface area (TPSA) is 29.5 Å². The van der Waals surface area contributed by atoms with Crippen LogP contribution in [0.1, 0.15) is 79.0 Å². The highest BCUT2D eigenvalue weighted by Gasteiger charge is 2.29. The summed E-state index contributed by atoms with van der Waals surface area (Å²) in [6.07, 6.45) is 0. The number of nitrogens with zero attached hydrogens (tertiary/aromatic N) is 4. The third-order valence-corrected chi connectivity index (χ3v) is 17.6. The first-order valence-electron chi connectivity index (χ1n) is 29.9. The first kappa shape index (κ1) is 52.0. The van der Waals surface area contributed by atoms with E-state index in [2.05, 4.69) is 330 Å². The lowest BCUT2D eigenvalue weighted by molar-refractivity contribution is 0.590. The Morgan fingerprint density at radius 1 is 0.282 bits per heavy atom. The van der Waals surface area contributed by atoms with Gasteiger partial charge < -0.3 is 23.4 Å². The van der Waals surface area contributed by atoms with Gasteiger partial charge in [0.05, 0.1) is 27.8 Å². The third-order valence-electron chi connectivity index (χ3n) is 17.6. The van der Waals surface area contributed by atoms with E-state index in [1.165, 1.54) is 71.1 Å². The van der Waals surface area contributed by atoms with Gasteiger partial charge in [-0.25, -0.2) is 0 Å². The Bertz CT molecular complexity index is 5100. The maximum absolute atomic E-state index is 7.09. The minimum absolute atomic E-state index is 0.00918. The van der Waals surface area contributed by atoms with E-state index in [0.29, 0.717) is 0 Å². The van der Waals surface area contributed by atoms with Gasteiger partial charge in [-0.15, -0.1) is 0 Å². The predicted molar refractivity (Wildman–Crippen MR) is 363 cm³/mol. The van der Waals surface area contributed by atoms with Gasteiger partial charge in [-0.2, -0.15) is 0 Å². The van der Waals surface area contributed by atoms with E-state index in [1.807, 2.05) is 0 Å². The Labute approximate surface area is 497 Å². The van der Waals surface area contributed by atoms with E-state index in [4.69, 9.17) is 4.42 Å². The van der Waals surface area contributed by atoms with Gasteiger partial charge in [0.2, 0.25) is 0 Å².